The highest BCUT2D eigenvalue weighted by Gasteiger charge is 2.13. The molecular weight excluding hydrogens is 232 g/mol. The van der Waals surface area contributed by atoms with Crippen molar-refractivity contribution in [3.8, 4) is 0 Å². The summed E-state index contributed by atoms with van der Waals surface area (Å²) in [5.74, 6) is 0. The zero-order valence-corrected chi connectivity index (χ0v) is 9.82. The number of hydrogen-bond donors (Lipinski definition) is 1. The molecule has 1 atom stereocenters. The summed E-state index contributed by atoms with van der Waals surface area (Å²) in [6.45, 7) is 2.44. The lowest BCUT2D eigenvalue weighted by molar-refractivity contribution is -0.384. The van der Waals surface area contributed by atoms with Crippen LogP contribution in [0.15, 0.2) is 18.2 Å². The molecule has 88 valence electrons. The Labute approximate surface area is 98.5 Å². The van der Waals surface area contributed by atoms with Gasteiger partial charge in [0.2, 0.25) is 0 Å². The first-order valence-corrected chi connectivity index (χ1v) is 5.11. The standard InChI is InChI=1S/C10H13ClN2O3/c1-7(6-16-2)12-8-3-4-9(11)10(5-8)13(14)15/h3-5,7,12H,6H2,1-2H3. The molecule has 1 unspecified atom stereocenters. The minimum Gasteiger partial charge on any atom is -0.383 e. The molecule has 1 aromatic carbocycles. The van der Waals surface area contributed by atoms with Gasteiger partial charge in [-0.1, -0.05) is 11.6 Å². The van der Waals surface area contributed by atoms with E-state index in [9.17, 15) is 10.1 Å². The number of nitro benzene ring substituents is 1. The molecule has 0 aromatic heterocycles. The zero-order chi connectivity index (χ0) is 12.1. The van der Waals surface area contributed by atoms with Gasteiger partial charge in [0.25, 0.3) is 5.69 Å². The van der Waals surface area contributed by atoms with Crippen molar-refractivity contribution in [1.82, 2.24) is 0 Å². The highest BCUT2D eigenvalue weighted by molar-refractivity contribution is 6.32. The predicted molar refractivity (Wildman–Crippen MR) is 63.1 cm³/mol. The average Bonchev–Trinajstić information content (AvgIpc) is 2.21. The van der Waals surface area contributed by atoms with E-state index < -0.39 is 4.92 Å². The van der Waals surface area contributed by atoms with E-state index in [0.29, 0.717) is 12.3 Å². The summed E-state index contributed by atoms with van der Waals surface area (Å²) in [7, 11) is 1.60. The monoisotopic (exact) mass is 244 g/mol. The average molecular weight is 245 g/mol. The number of nitrogens with zero attached hydrogens (tertiary/aromatic N) is 1. The van der Waals surface area contributed by atoms with Gasteiger partial charge in [-0.3, -0.25) is 10.1 Å². The van der Waals surface area contributed by atoms with Crippen LogP contribution in [0.2, 0.25) is 5.02 Å². The number of nitro groups is 1. The van der Waals surface area contributed by atoms with Gasteiger partial charge in [-0.25, -0.2) is 0 Å². The first kappa shape index (κ1) is 12.7. The highest BCUT2D eigenvalue weighted by Crippen LogP contribution is 2.27. The normalized spacial score (nSPS) is 12.2. The SMILES string of the molecule is COCC(C)Nc1ccc(Cl)c([N+](=O)[O-])c1. The molecule has 0 heterocycles. The molecule has 16 heavy (non-hydrogen) atoms. The topological polar surface area (TPSA) is 64.4 Å². The lowest BCUT2D eigenvalue weighted by atomic mass is 10.2. The summed E-state index contributed by atoms with van der Waals surface area (Å²) in [5.41, 5.74) is 0.553. The van der Waals surface area contributed by atoms with Gasteiger partial charge in [0.15, 0.2) is 0 Å². The van der Waals surface area contributed by atoms with E-state index in [0.717, 1.165) is 0 Å². The van der Waals surface area contributed by atoms with E-state index in [-0.39, 0.29) is 16.8 Å². The van der Waals surface area contributed by atoms with Crippen LogP contribution in [0.1, 0.15) is 6.92 Å². The lowest BCUT2D eigenvalue weighted by Crippen LogP contribution is -2.20. The minimum atomic E-state index is -0.505. The maximum absolute atomic E-state index is 10.7. The van der Waals surface area contributed by atoms with Crippen molar-refractivity contribution in [3.05, 3.63) is 33.3 Å². The van der Waals surface area contributed by atoms with Gasteiger partial charge in [-0.2, -0.15) is 0 Å². The first-order chi connectivity index (χ1) is 7.54. The summed E-state index contributed by atoms with van der Waals surface area (Å²) in [4.78, 5) is 10.1. The number of hydrogen-bond acceptors (Lipinski definition) is 4. The summed E-state index contributed by atoms with van der Waals surface area (Å²) in [5, 5.41) is 13.9. The number of nitrogens with one attached hydrogen (secondary N) is 1. The van der Waals surface area contributed by atoms with E-state index in [4.69, 9.17) is 16.3 Å². The van der Waals surface area contributed by atoms with Gasteiger partial charge in [-0.05, 0) is 19.1 Å². The summed E-state index contributed by atoms with van der Waals surface area (Å²) in [6, 6.07) is 4.68. The van der Waals surface area contributed by atoms with E-state index in [1.807, 2.05) is 6.92 Å². The molecule has 1 aromatic rings. The molecule has 0 aliphatic carbocycles. The van der Waals surface area contributed by atoms with Crippen molar-refractivity contribution in [2.24, 2.45) is 0 Å². The molecule has 0 amide bonds. The quantitative estimate of drug-likeness (QED) is 0.639. The third-order valence-corrected chi connectivity index (χ3v) is 2.29. The van der Waals surface area contributed by atoms with Gasteiger partial charge in [-0.15, -0.1) is 0 Å². The summed E-state index contributed by atoms with van der Waals surface area (Å²) in [6.07, 6.45) is 0. The number of benzene rings is 1. The summed E-state index contributed by atoms with van der Waals surface area (Å²) >= 11 is 5.69. The molecular formula is C10H13ClN2O3. The molecule has 0 aliphatic heterocycles. The highest BCUT2D eigenvalue weighted by atomic mass is 35.5. The molecule has 1 rings (SSSR count). The Kier molecular flexibility index (Phi) is 4.52. The Balaban J connectivity index is 2.82. The van der Waals surface area contributed by atoms with Crippen LogP contribution < -0.4 is 5.32 Å². The van der Waals surface area contributed by atoms with E-state index in [1.165, 1.54) is 12.1 Å². The maximum atomic E-state index is 10.7. The predicted octanol–water partition coefficient (Wildman–Crippen LogP) is 2.70. The molecule has 0 saturated heterocycles. The third-order valence-electron chi connectivity index (χ3n) is 1.97. The molecule has 6 heteroatoms. The van der Waals surface area contributed by atoms with Crippen molar-refractivity contribution in [3.63, 3.8) is 0 Å². The second-order valence-electron chi connectivity index (χ2n) is 3.42. The van der Waals surface area contributed by atoms with Crippen LogP contribution in [0, 0.1) is 10.1 Å². The van der Waals surface area contributed by atoms with Crippen LogP contribution in [-0.2, 0) is 4.74 Å². The molecule has 0 aliphatic rings. The van der Waals surface area contributed by atoms with Gasteiger partial charge in [0, 0.05) is 24.9 Å². The number of halogens is 1. The second kappa shape index (κ2) is 5.67. The number of ether oxygens (including phenoxy) is 1. The fourth-order valence-electron chi connectivity index (χ4n) is 1.32. The molecule has 5 nitrogen and oxygen atoms in total. The van der Waals surface area contributed by atoms with Crippen molar-refractivity contribution < 1.29 is 9.66 Å². The molecule has 1 N–H and O–H groups in total. The number of anilines is 1. The Morgan fingerprint density at radius 3 is 2.88 bits per heavy atom. The van der Waals surface area contributed by atoms with Crippen LogP contribution in [-0.4, -0.2) is 24.7 Å². The fraction of sp³-hybridized carbons (Fsp3) is 0.400. The van der Waals surface area contributed by atoms with Gasteiger partial charge in [0.05, 0.1) is 11.5 Å². The second-order valence-corrected chi connectivity index (χ2v) is 3.83. The molecule has 0 spiro atoms. The Morgan fingerprint density at radius 2 is 2.31 bits per heavy atom. The Morgan fingerprint density at radius 1 is 1.62 bits per heavy atom. The first-order valence-electron chi connectivity index (χ1n) is 4.74. The van der Waals surface area contributed by atoms with E-state index >= 15 is 0 Å². The largest absolute Gasteiger partial charge is 0.383 e. The number of methoxy groups -OCH3 is 1. The van der Waals surface area contributed by atoms with Crippen LogP contribution in [0.5, 0.6) is 0 Å². The molecule has 0 saturated carbocycles. The van der Waals surface area contributed by atoms with Crippen molar-refractivity contribution in [1.29, 1.82) is 0 Å². The molecule has 0 radical (unpaired) electrons. The Hall–Kier alpha value is -1.33. The fourth-order valence-corrected chi connectivity index (χ4v) is 1.51. The molecule has 0 bridgehead atoms. The van der Waals surface area contributed by atoms with Crippen molar-refractivity contribution in [2.75, 3.05) is 19.0 Å². The minimum absolute atomic E-state index is 0.0748. The van der Waals surface area contributed by atoms with Crippen LogP contribution in [0.4, 0.5) is 11.4 Å². The molecule has 0 fully saturated rings. The van der Waals surface area contributed by atoms with Gasteiger partial charge >= 0.3 is 0 Å². The van der Waals surface area contributed by atoms with E-state index in [2.05, 4.69) is 5.32 Å². The van der Waals surface area contributed by atoms with Crippen LogP contribution in [0.25, 0.3) is 0 Å². The summed E-state index contributed by atoms with van der Waals surface area (Å²) < 4.78 is 4.95. The van der Waals surface area contributed by atoms with Gasteiger partial charge < -0.3 is 10.1 Å². The van der Waals surface area contributed by atoms with Crippen molar-refractivity contribution in [2.45, 2.75) is 13.0 Å². The third kappa shape index (κ3) is 3.36. The zero-order valence-electron chi connectivity index (χ0n) is 9.07. The van der Waals surface area contributed by atoms with Crippen LogP contribution >= 0.6 is 11.6 Å². The van der Waals surface area contributed by atoms with Gasteiger partial charge in [0.1, 0.15) is 5.02 Å². The number of rotatable bonds is 5. The lowest BCUT2D eigenvalue weighted by Gasteiger charge is -2.13. The van der Waals surface area contributed by atoms with Crippen LogP contribution in [0.3, 0.4) is 0 Å². The maximum Gasteiger partial charge on any atom is 0.289 e. The smallest absolute Gasteiger partial charge is 0.289 e. The van der Waals surface area contributed by atoms with Crippen molar-refractivity contribution >= 4 is 23.0 Å². The van der Waals surface area contributed by atoms with E-state index in [1.54, 1.807) is 13.2 Å². The Bertz CT molecular complexity index is 384.